The molecule has 0 bridgehead atoms. The number of carbonyl (C=O) groups is 1. The lowest BCUT2D eigenvalue weighted by molar-refractivity contribution is 0.176. The van der Waals surface area contributed by atoms with Crippen molar-refractivity contribution in [1.82, 2.24) is 10.6 Å². The molecular weight excluding hydrogens is 164 g/mol. The number of rotatable bonds is 1. The topological polar surface area (TPSA) is 50.4 Å². The van der Waals surface area contributed by atoms with Gasteiger partial charge in [-0.2, -0.15) is 0 Å². The second-order valence-electron chi connectivity index (χ2n) is 2.24. The zero-order chi connectivity index (χ0) is 8.85. The number of methoxy groups -OCH3 is 1. The van der Waals surface area contributed by atoms with Crippen LogP contribution in [0.25, 0.3) is 0 Å². The first-order valence-electron chi connectivity index (χ1n) is 3.21. The third-order valence-electron chi connectivity index (χ3n) is 0.821. The number of amides is 1. The number of hydrogen-bond acceptors (Lipinski definition) is 3. The van der Waals surface area contributed by atoms with Crippen molar-refractivity contribution in [3.8, 4) is 0 Å². The number of carbonyl (C=O) groups excluding carboxylic acids is 1. The second kappa shape index (κ2) is 4.90. The molecule has 5 heteroatoms. The molecule has 4 nitrogen and oxygen atoms in total. The van der Waals surface area contributed by atoms with Gasteiger partial charge in [-0.25, -0.2) is 4.79 Å². The first kappa shape index (κ1) is 10.2. The van der Waals surface area contributed by atoms with Gasteiger partial charge in [0.05, 0.1) is 7.11 Å². The second-order valence-corrected chi connectivity index (χ2v) is 2.65. The van der Waals surface area contributed by atoms with E-state index in [9.17, 15) is 4.79 Å². The predicted molar refractivity (Wildman–Crippen MR) is 46.4 cm³/mol. The summed E-state index contributed by atoms with van der Waals surface area (Å²) in [7, 11) is 1.29. The van der Waals surface area contributed by atoms with Crippen LogP contribution in [0.1, 0.15) is 13.8 Å². The van der Waals surface area contributed by atoms with Crippen molar-refractivity contribution in [1.29, 1.82) is 0 Å². The Morgan fingerprint density at radius 3 is 2.45 bits per heavy atom. The number of ether oxygens (including phenoxy) is 1. The Labute approximate surface area is 71.3 Å². The van der Waals surface area contributed by atoms with Crippen LogP contribution in [0.5, 0.6) is 0 Å². The molecule has 0 aromatic heterocycles. The van der Waals surface area contributed by atoms with Crippen LogP contribution in [-0.4, -0.2) is 24.4 Å². The van der Waals surface area contributed by atoms with E-state index in [-0.39, 0.29) is 11.2 Å². The highest BCUT2D eigenvalue weighted by Crippen LogP contribution is 1.78. The van der Waals surface area contributed by atoms with E-state index in [4.69, 9.17) is 12.2 Å². The zero-order valence-corrected chi connectivity index (χ0v) is 7.62. The van der Waals surface area contributed by atoms with Crippen molar-refractivity contribution in [2.45, 2.75) is 19.9 Å². The zero-order valence-electron chi connectivity index (χ0n) is 6.80. The summed E-state index contributed by atoms with van der Waals surface area (Å²) in [5.74, 6) is 0. The lowest BCUT2D eigenvalue weighted by Gasteiger charge is -2.10. The first-order chi connectivity index (χ1) is 5.06. The molecule has 0 saturated heterocycles. The monoisotopic (exact) mass is 176 g/mol. The minimum Gasteiger partial charge on any atom is -0.453 e. The molecule has 0 spiro atoms. The maximum atomic E-state index is 10.5. The molecule has 2 N–H and O–H groups in total. The van der Waals surface area contributed by atoms with Gasteiger partial charge in [0.2, 0.25) is 0 Å². The van der Waals surface area contributed by atoms with E-state index in [0.717, 1.165) is 0 Å². The lowest BCUT2D eigenvalue weighted by atomic mass is 10.4. The van der Waals surface area contributed by atoms with Crippen LogP contribution in [0, 0.1) is 0 Å². The first-order valence-corrected chi connectivity index (χ1v) is 3.62. The average molecular weight is 176 g/mol. The maximum Gasteiger partial charge on any atom is 0.413 e. The fourth-order valence-corrected chi connectivity index (χ4v) is 0.761. The van der Waals surface area contributed by atoms with Gasteiger partial charge in [-0.3, -0.25) is 5.32 Å². The Morgan fingerprint density at radius 1 is 1.55 bits per heavy atom. The van der Waals surface area contributed by atoms with Crippen molar-refractivity contribution in [3.05, 3.63) is 0 Å². The Kier molecular flexibility index (Phi) is 4.52. The highest BCUT2D eigenvalue weighted by molar-refractivity contribution is 7.80. The van der Waals surface area contributed by atoms with E-state index in [0.29, 0.717) is 0 Å². The van der Waals surface area contributed by atoms with Gasteiger partial charge in [-0.1, -0.05) is 0 Å². The van der Waals surface area contributed by atoms with Crippen molar-refractivity contribution >= 4 is 23.4 Å². The molecule has 64 valence electrons. The van der Waals surface area contributed by atoms with Gasteiger partial charge in [0.25, 0.3) is 0 Å². The SMILES string of the molecule is COC(=O)NC(=S)NC(C)C. The van der Waals surface area contributed by atoms with Gasteiger partial charge >= 0.3 is 6.09 Å². The standard InChI is InChI=1S/C6H12N2O2S/c1-4(2)7-5(11)8-6(9)10-3/h4H,1-3H3,(H2,7,8,9,11). The molecule has 0 saturated carbocycles. The molecule has 0 heterocycles. The lowest BCUT2D eigenvalue weighted by Crippen LogP contribution is -2.42. The van der Waals surface area contributed by atoms with Crippen LogP contribution in [-0.2, 0) is 4.74 Å². The van der Waals surface area contributed by atoms with E-state index in [1.54, 1.807) is 0 Å². The molecular formula is C6H12N2O2S. The Bertz CT molecular complexity index is 159. The van der Waals surface area contributed by atoms with E-state index < -0.39 is 6.09 Å². The van der Waals surface area contributed by atoms with Crippen molar-refractivity contribution in [3.63, 3.8) is 0 Å². The molecule has 0 unspecified atom stereocenters. The summed E-state index contributed by atoms with van der Waals surface area (Å²) in [6, 6.07) is 0.208. The van der Waals surface area contributed by atoms with Gasteiger partial charge in [0.1, 0.15) is 0 Å². The van der Waals surface area contributed by atoms with Crippen LogP contribution < -0.4 is 10.6 Å². The van der Waals surface area contributed by atoms with Gasteiger partial charge in [0, 0.05) is 6.04 Å². The minimum absolute atomic E-state index is 0.208. The van der Waals surface area contributed by atoms with Crippen molar-refractivity contribution < 1.29 is 9.53 Å². The Balaban J connectivity index is 3.61. The normalized spacial score (nSPS) is 9.09. The number of hydrogen-bond donors (Lipinski definition) is 2. The summed E-state index contributed by atoms with van der Waals surface area (Å²) in [5.41, 5.74) is 0. The minimum atomic E-state index is -0.553. The quantitative estimate of drug-likeness (QED) is 0.575. The summed E-state index contributed by atoms with van der Waals surface area (Å²) in [5, 5.41) is 5.43. The van der Waals surface area contributed by atoms with Crippen molar-refractivity contribution in [2.75, 3.05) is 7.11 Å². The molecule has 0 aromatic rings. The fraction of sp³-hybridized carbons (Fsp3) is 0.667. The summed E-state index contributed by atoms with van der Waals surface area (Å²) in [4.78, 5) is 10.5. The van der Waals surface area contributed by atoms with E-state index in [2.05, 4.69) is 15.4 Å². The molecule has 0 rings (SSSR count). The van der Waals surface area contributed by atoms with Crippen molar-refractivity contribution in [2.24, 2.45) is 0 Å². The summed E-state index contributed by atoms with van der Waals surface area (Å²) in [6.07, 6.45) is -0.553. The molecule has 1 amide bonds. The average Bonchev–Trinajstić information content (AvgIpc) is 1.85. The fourth-order valence-electron chi connectivity index (χ4n) is 0.442. The third kappa shape index (κ3) is 5.60. The smallest absolute Gasteiger partial charge is 0.413 e. The van der Waals surface area contributed by atoms with Gasteiger partial charge in [-0.15, -0.1) is 0 Å². The van der Waals surface area contributed by atoms with Gasteiger partial charge in [-0.05, 0) is 26.1 Å². The Morgan fingerprint density at radius 2 is 2.09 bits per heavy atom. The van der Waals surface area contributed by atoms with Crippen LogP contribution in [0.4, 0.5) is 4.79 Å². The van der Waals surface area contributed by atoms with E-state index >= 15 is 0 Å². The van der Waals surface area contributed by atoms with Crippen LogP contribution >= 0.6 is 12.2 Å². The van der Waals surface area contributed by atoms with Gasteiger partial charge in [0.15, 0.2) is 5.11 Å². The Hall–Kier alpha value is -0.840. The van der Waals surface area contributed by atoms with E-state index in [1.165, 1.54) is 7.11 Å². The molecule has 11 heavy (non-hydrogen) atoms. The van der Waals surface area contributed by atoms with Crippen LogP contribution in [0.2, 0.25) is 0 Å². The summed E-state index contributed by atoms with van der Waals surface area (Å²) in [6.45, 7) is 3.84. The molecule has 0 atom stereocenters. The third-order valence-corrected chi connectivity index (χ3v) is 1.04. The molecule has 0 aromatic carbocycles. The number of nitrogens with one attached hydrogen (secondary N) is 2. The van der Waals surface area contributed by atoms with Crippen LogP contribution in [0.15, 0.2) is 0 Å². The highest BCUT2D eigenvalue weighted by atomic mass is 32.1. The molecule has 0 fully saturated rings. The molecule has 0 aliphatic rings. The highest BCUT2D eigenvalue weighted by Gasteiger charge is 2.02. The molecule has 0 aliphatic carbocycles. The molecule has 0 aliphatic heterocycles. The van der Waals surface area contributed by atoms with E-state index in [1.807, 2.05) is 13.8 Å². The summed E-state index contributed by atoms with van der Waals surface area (Å²) >= 11 is 4.75. The maximum absolute atomic E-state index is 10.5. The van der Waals surface area contributed by atoms with Gasteiger partial charge < -0.3 is 10.1 Å². The number of thiocarbonyl (C=S) groups is 1. The van der Waals surface area contributed by atoms with Crippen LogP contribution in [0.3, 0.4) is 0 Å². The number of alkyl carbamates (subject to hydrolysis) is 1. The summed E-state index contributed by atoms with van der Waals surface area (Å²) < 4.78 is 4.32. The largest absolute Gasteiger partial charge is 0.453 e. The molecule has 0 radical (unpaired) electrons. The predicted octanol–water partition coefficient (Wildman–Crippen LogP) is 0.625.